The van der Waals surface area contributed by atoms with Crippen LogP contribution < -0.4 is 5.32 Å². The average molecular weight is 392 g/mol. The van der Waals surface area contributed by atoms with E-state index < -0.39 is 5.66 Å². The first-order chi connectivity index (χ1) is 14.1. The first kappa shape index (κ1) is 20.2. The number of aryl methyl sites for hydroxylation is 1. The lowest BCUT2D eigenvalue weighted by Crippen LogP contribution is -2.48. The molecule has 1 N–H and O–H groups in total. The Labute approximate surface area is 175 Å². The predicted molar refractivity (Wildman–Crippen MR) is 119 cm³/mol. The van der Waals surface area contributed by atoms with Gasteiger partial charge in [-0.2, -0.15) is 0 Å². The molecule has 1 unspecified atom stereocenters. The van der Waals surface area contributed by atoms with E-state index >= 15 is 0 Å². The number of hydrogen-bond acceptors (Lipinski definition) is 3. The average Bonchev–Trinajstić information content (AvgIpc) is 3.53. The van der Waals surface area contributed by atoms with E-state index in [2.05, 4.69) is 54.2 Å². The van der Waals surface area contributed by atoms with E-state index in [0.29, 0.717) is 17.9 Å². The van der Waals surface area contributed by atoms with Crippen LogP contribution in [-0.2, 0) is 16.8 Å². The fraction of sp³-hybridized carbons (Fsp3) is 0.600. The summed E-state index contributed by atoms with van der Waals surface area (Å²) in [6.07, 6.45) is 8.22. The predicted octanol–water partition coefficient (Wildman–Crippen LogP) is 4.46. The molecule has 1 aromatic rings. The van der Waals surface area contributed by atoms with E-state index in [0.717, 1.165) is 49.2 Å². The Morgan fingerprint density at radius 1 is 1.21 bits per heavy atom. The van der Waals surface area contributed by atoms with Crippen LogP contribution in [0.15, 0.2) is 28.2 Å². The first-order valence-electron chi connectivity index (χ1n) is 11.1. The van der Waals surface area contributed by atoms with Crippen LogP contribution >= 0.6 is 0 Å². The zero-order valence-electron chi connectivity index (χ0n) is 18.2. The topological polar surface area (TPSA) is 46.0 Å². The Morgan fingerprint density at radius 3 is 2.55 bits per heavy atom. The second-order valence-electron chi connectivity index (χ2n) is 8.64. The normalized spacial score (nSPS) is 30.5. The molecular weight excluding hydrogens is 358 g/mol. The maximum atomic E-state index is 5.63. The van der Waals surface area contributed by atoms with Crippen molar-refractivity contribution >= 4 is 11.5 Å². The number of nitrogens with zero attached hydrogens (tertiary/aromatic N) is 2. The second kappa shape index (κ2) is 8.32. The van der Waals surface area contributed by atoms with Crippen LogP contribution in [0.25, 0.3) is 0 Å². The molecule has 1 aliphatic heterocycles. The van der Waals surface area contributed by atoms with Crippen molar-refractivity contribution in [2.75, 3.05) is 14.2 Å². The van der Waals surface area contributed by atoms with Crippen molar-refractivity contribution in [1.82, 2.24) is 5.32 Å². The number of amidine groups is 1. The Hall–Kier alpha value is -2.12. The Morgan fingerprint density at radius 2 is 1.97 bits per heavy atom. The van der Waals surface area contributed by atoms with Gasteiger partial charge in [0.2, 0.25) is 0 Å². The van der Waals surface area contributed by atoms with Crippen molar-refractivity contribution in [2.24, 2.45) is 21.8 Å². The maximum absolute atomic E-state index is 5.63. The van der Waals surface area contributed by atoms with Crippen LogP contribution in [0.5, 0.6) is 0 Å². The third-order valence-corrected chi connectivity index (χ3v) is 6.72. The Balaban J connectivity index is 1.77. The van der Waals surface area contributed by atoms with Gasteiger partial charge in [0, 0.05) is 37.1 Å². The van der Waals surface area contributed by atoms with Gasteiger partial charge in [-0.1, -0.05) is 24.8 Å². The van der Waals surface area contributed by atoms with Gasteiger partial charge in [-0.15, -0.1) is 0 Å². The zero-order chi connectivity index (χ0) is 20.4. The smallest absolute Gasteiger partial charge is 0.160 e. The fourth-order valence-electron chi connectivity index (χ4n) is 4.82. The van der Waals surface area contributed by atoms with Crippen LogP contribution in [-0.4, -0.2) is 31.8 Å². The highest BCUT2D eigenvalue weighted by atomic mass is 16.5. The molecule has 1 aromatic carbocycles. The minimum Gasteiger partial charge on any atom is -0.381 e. The number of nitrogens with one attached hydrogen (secondary N) is 1. The maximum Gasteiger partial charge on any atom is 0.160 e. The largest absolute Gasteiger partial charge is 0.381 e. The number of benzene rings is 1. The monoisotopic (exact) mass is 391 g/mol. The summed E-state index contributed by atoms with van der Waals surface area (Å²) >= 11 is 0. The van der Waals surface area contributed by atoms with Crippen LogP contribution in [0.4, 0.5) is 0 Å². The van der Waals surface area contributed by atoms with E-state index in [9.17, 15) is 0 Å². The quantitative estimate of drug-likeness (QED) is 0.770. The van der Waals surface area contributed by atoms with Crippen molar-refractivity contribution in [3.8, 4) is 11.8 Å². The number of rotatable bonds is 4. The van der Waals surface area contributed by atoms with Gasteiger partial charge in [0.1, 0.15) is 5.84 Å². The third kappa shape index (κ3) is 3.98. The molecule has 2 aliphatic carbocycles. The molecule has 0 spiro atoms. The van der Waals surface area contributed by atoms with E-state index in [1.165, 1.54) is 24.0 Å². The minimum atomic E-state index is -0.444. The summed E-state index contributed by atoms with van der Waals surface area (Å²) in [5.41, 5.74) is 4.28. The highest BCUT2D eigenvalue weighted by Gasteiger charge is 2.47. The van der Waals surface area contributed by atoms with Crippen molar-refractivity contribution in [3.63, 3.8) is 0 Å². The summed E-state index contributed by atoms with van der Waals surface area (Å²) < 4.78 is 5.63. The number of hydrogen-bond donors (Lipinski definition) is 1. The molecule has 2 fully saturated rings. The van der Waals surface area contributed by atoms with Gasteiger partial charge in [0.25, 0.3) is 0 Å². The summed E-state index contributed by atoms with van der Waals surface area (Å²) in [4.78, 5) is 9.74. The van der Waals surface area contributed by atoms with Crippen molar-refractivity contribution < 1.29 is 4.74 Å². The molecule has 4 heteroatoms. The molecule has 0 aromatic heterocycles. The first-order valence-corrected chi connectivity index (χ1v) is 11.1. The lowest BCUT2D eigenvalue weighted by molar-refractivity contribution is 0.0394. The summed E-state index contributed by atoms with van der Waals surface area (Å²) in [5.74, 6) is 8.77. The summed E-state index contributed by atoms with van der Waals surface area (Å²) in [5, 5.41) is 3.76. The molecule has 0 radical (unpaired) electrons. The van der Waals surface area contributed by atoms with Crippen molar-refractivity contribution in [3.05, 3.63) is 34.9 Å². The van der Waals surface area contributed by atoms with Crippen LogP contribution in [0.2, 0.25) is 0 Å². The van der Waals surface area contributed by atoms with Crippen molar-refractivity contribution in [2.45, 2.75) is 70.6 Å². The molecule has 2 saturated carbocycles. The number of ether oxygens (including phenoxy) is 1. The van der Waals surface area contributed by atoms with Crippen LogP contribution in [0.1, 0.15) is 69.1 Å². The molecule has 0 amide bonds. The van der Waals surface area contributed by atoms with Gasteiger partial charge >= 0.3 is 0 Å². The summed E-state index contributed by atoms with van der Waals surface area (Å²) in [6, 6.07) is 6.72. The highest BCUT2D eigenvalue weighted by Crippen LogP contribution is 2.44. The van der Waals surface area contributed by atoms with E-state index in [1.807, 2.05) is 14.2 Å². The van der Waals surface area contributed by atoms with Gasteiger partial charge in [-0.05, 0) is 69.6 Å². The van der Waals surface area contributed by atoms with Gasteiger partial charge < -0.3 is 10.1 Å². The highest BCUT2D eigenvalue weighted by molar-refractivity contribution is 6.42. The third-order valence-electron chi connectivity index (χ3n) is 6.72. The lowest BCUT2D eigenvalue weighted by atomic mass is 9.74. The Kier molecular flexibility index (Phi) is 5.79. The molecule has 1 atom stereocenters. The summed E-state index contributed by atoms with van der Waals surface area (Å²) in [7, 11) is 3.67. The number of aliphatic imine (C=N–C) groups is 2. The van der Waals surface area contributed by atoms with E-state index in [-0.39, 0.29) is 0 Å². The Bertz CT molecular complexity index is 879. The molecule has 4 nitrogen and oxygen atoms in total. The van der Waals surface area contributed by atoms with E-state index in [1.54, 1.807) is 0 Å². The summed E-state index contributed by atoms with van der Waals surface area (Å²) in [6.45, 7) is 4.30. The lowest BCUT2D eigenvalue weighted by Gasteiger charge is -2.41. The van der Waals surface area contributed by atoms with Gasteiger partial charge in [-0.3, -0.25) is 9.98 Å². The molecule has 0 bridgehead atoms. The molecule has 29 heavy (non-hydrogen) atoms. The van der Waals surface area contributed by atoms with Gasteiger partial charge in [-0.25, -0.2) is 0 Å². The van der Waals surface area contributed by atoms with Crippen LogP contribution in [0.3, 0.4) is 0 Å². The fourth-order valence-corrected chi connectivity index (χ4v) is 4.82. The van der Waals surface area contributed by atoms with Gasteiger partial charge in [0.05, 0.1) is 11.8 Å². The molecule has 0 saturated heterocycles. The molecule has 1 heterocycles. The number of methoxy groups -OCH3 is 1. The zero-order valence-corrected chi connectivity index (χ0v) is 18.2. The standard InChI is InChI=1S/C25H33N3O/c1-5-20-11-10-19(9-8-18-6-7-18)16-23(20)25(27-17(2)24(26-3)28-25)21-12-14-22(29-4)15-13-21/h10-11,16,18,21-22H,5-7,12-15H2,1-4H3,(H,26,28). The second-order valence-corrected chi connectivity index (χ2v) is 8.64. The van der Waals surface area contributed by atoms with Crippen molar-refractivity contribution in [1.29, 1.82) is 0 Å². The molecule has 154 valence electrons. The van der Waals surface area contributed by atoms with E-state index in [4.69, 9.17) is 9.73 Å². The SMILES string of the molecule is CCc1ccc(C#CC2CC2)cc1C1(C2CCC(OC)CC2)N=C(C)C(=NC)N1. The van der Waals surface area contributed by atoms with Gasteiger partial charge in [0.15, 0.2) is 5.66 Å². The molecular formula is C25H33N3O. The van der Waals surface area contributed by atoms with Crippen LogP contribution in [0, 0.1) is 23.7 Å². The molecule has 4 rings (SSSR count). The molecule has 3 aliphatic rings. The minimum absolute atomic E-state index is 0.371.